The summed E-state index contributed by atoms with van der Waals surface area (Å²) >= 11 is 0. The van der Waals surface area contributed by atoms with Crippen molar-refractivity contribution in [3.05, 3.63) is 23.3 Å². The predicted octanol–water partition coefficient (Wildman–Crippen LogP) is 2.94. The smallest absolute Gasteiger partial charge is 0.410 e. The molecule has 1 atom stereocenters. The Balaban J connectivity index is 2.18. The maximum absolute atomic E-state index is 12.1. The van der Waals surface area contributed by atoms with Gasteiger partial charge in [-0.1, -0.05) is 0 Å². The lowest BCUT2D eigenvalue weighted by atomic mass is 9.93. The van der Waals surface area contributed by atoms with E-state index in [0.29, 0.717) is 30.7 Å². The normalized spacial score (nSPS) is 17.9. The van der Waals surface area contributed by atoms with Crippen molar-refractivity contribution in [2.24, 2.45) is 0 Å². The largest absolute Gasteiger partial charge is 0.504 e. The number of phenols is 1. The summed E-state index contributed by atoms with van der Waals surface area (Å²) in [6, 6.07) is 3.07. The molecule has 1 aromatic carbocycles. The van der Waals surface area contributed by atoms with Crippen LogP contribution in [0.4, 0.5) is 4.79 Å². The minimum Gasteiger partial charge on any atom is -0.504 e. The lowest BCUT2D eigenvalue weighted by molar-refractivity contribution is 0.0292. The Morgan fingerprint density at radius 2 is 2.09 bits per heavy atom. The monoisotopic (exact) mass is 321 g/mol. The van der Waals surface area contributed by atoms with Crippen LogP contribution in [-0.2, 0) is 4.74 Å². The van der Waals surface area contributed by atoms with Crippen molar-refractivity contribution in [3.63, 3.8) is 0 Å². The van der Waals surface area contributed by atoms with E-state index < -0.39 is 5.60 Å². The Kier molecular flexibility index (Phi) is 4.82. The molecule has 1 saturated heterocycles. The minimum absolute atomic E-state index is 0.0113. The highest BCUT2D eigenvalue weighted by Gasteiger charge is 2.32. The van der Waals surface area contributed by atoms with E-state index in [2.05, 4.69) is 0 Å². The van der Waals surface area contributed by atoms with Crippen molar-refractivity contribution < 1.29 is 24.2 Å². The van der Waals surface area contributed by atoms with Crippen molar-refractivity contribution in [1.82, 2.24) is 4.90 Å². The van der Waals surface area contributed by atoms with Gasteiger partial charge in [0.25, 0.3) is 0 Å². The molecule has 6 nitrogen and oxygen atoms in total. The van der Waals surface area contributed by atoms with Crippen LogP contribution in [0.15, 0.2) is 12.1 Å². The maximum Gasteiger partial charge on any atom is 0.410 e. The number of hydrogen-bond acceptors (Lipinski definition) is 5. The van der Waals surface area contributed by atoms with Crippen LogP contribution in [0.1, 0.15) is 49.0 Å². The van der Waals surface area contributed by atoms with Gasteiger partial charge in [-0.15, -0.1) is 0 Å². The number of phenolic OH excluding ortho intramolecular Hbond substituents is 1. The summed E-state index contributed by atoms with van der Waals surface area (Å²) in [6.07, 6.45) is 1.09. The number of carbonyl (C=O) groups excluding carboxylic acids is 2. The summed E-state index contributed by atoms with van der Waals surface area (Å²) in [5.74, 6) is 0.263. The predicted molar refractivity (Wildman–Crippen MR) is 85.2 cm³/mol. The molecular weight excluding hydrogens is 298 g/mol. The number of ether oxygens (including phenoxy) is 2. The molecule has 1 aliphatic heterocycles. The third kappa shape index (κ3) is 3.94. The minimum atomic E-state index is -0.537. The van der Waals surface area contributed by atoms with E-state index in [-0.39, 0.29) is 17.8 Å². The zero-order valence-electron chi connectivity index (χ0n) is 14.0. The van der Waals surface area contributed by atoms with Gasteiger partial charge in [0.05, 0.1) is 7.11 Å². The van der Waals surface area contributed by atoms with Crippen molar-refractivity contribution in [2.75, 3.05) is 20.2 Å². The average Bonchev–Trinajstić information content (AvgIpc) is 2.94. The van der Waals surface area contributed by atoms with Crippen LogP contribution in [0.2, 0.25) is 0 Å². The third-order valence-corrected chi connectivity index (χ3v) is 3.79. The first kappa shape index (κ1) is 17.1. The van der Waals surface area contributed by atoms with Gasteiger partial charge in [-0.05, 0) is 44.9 Å². The van der Waals surface area contributed by atoms with Gasteiger partial charge in [0.15, 0.2) is 11.5 Å². The standard InChI is InChI=1S/C17H23NO5/c1-17(2,3)23-16(21)18-6-5-11(9-18)13-8-15(22-4)14(20)7-12(13)10-19/h7-8,10-11,20H,5-6,9H2,1-4H3. The summed E-state index contributed by atoms with van der Waals surface area (Å²) in [5, 5.41) is 9.79. The van der Waals surface area contributed by atoms with E-state index in [1.807, 2.05) is 20.8 Å². The lowest BCUT2D eigenvalue weighted by Crippen LogP contribution is -2.35. The summed E-state index contributed by atoms with van der Waals surface area (Å²) in [5.41, 5.74) is 0.658. The number of aldehydes is 1. The van der Waals surface area contributed by atoms with Crippen molar-refractivity contribution in [1.29, 1.82) is 0 Å². The molecule has 1 aromatic rings. The molecule has 1 aliphatic rings. The molecule has 1 amide bonds. The Hall–Kier alpha value is -2.24. The van der Waals surface area contributed by atoms with E-state index in [1.165, 1.54) is 13.2 Å². The number of methoxy groups -OCH3 is 1. The fourth-order valence-corrected chi connectivity index (χ4v) is 2.73. The van der Waals surface area contributed by atoms with Gasteiger partial charge in [0.2, 0.25) is 0 Å². The Bertz CT molecular complexity index is 606. The summed E-state index contributed by atoms with van der Waals surface area (Å²) in [6.45, 7) is 6.53. The first-order valence-corrected chi connectivity index (χ1v) is 7.59. The highest BCUT2D eigenvalue weighted by Crippen LogP contribution is 2.36. The highest BCUT2D eigenvalue weighted by molar-refractivity contribution is 5.80. The van der Waals surface area contributed by atoms with Gasteiger partial charge in [-0.3, -0.25) is 4.79 Å². The number of rotatable bonds is 3. The second kappa shape index (κ2) is 6.48. The number of carbonyl (C=O) groups is 2. The van der Waals surface area contributed by atoms with Gasteiger partial charge < -0.3 is 19.5 Å². The van der Waals surface area contributed by atoms with Crippen molar-refractivity contribution in [2.45, 2.75) is 38.7 Å². The van der Waals surface area contributed by atoms with Crippen LogP contribution in [0.3, 0.4) is 0 Å². The number of nitrogens with zero attached hydrogens (tertiary/aromatic N) is 1. The molecule has 23 heavy (non-hydrogen) atoms. The third-order valence-electron chi connectivity index (χ3n) is 3.79. The molecule has 0 saturated carbocycles. The number of likely N-dealkylation sites (tertiary alicyclic amines) is 1. The van der Waals surface area contributed by atoms with Gasteiger partial charge in [0.1, 0.15) is 11.9 Å². The molecule has 0 spiro atoms. The van der Waals surface area contributed by atoms with Gasteiger partial charge in [-0.2, -0.15) is 0 Å². The van der Waals surface area contributed by atoms with Crippen molar-refractivity contribution in [3.8, 4) is 11.5 Å². The second-order valence-corrected chi connectivity index (χ2v) is 6.68. The zero-order chi connectivity index (χ0) is 17.2. The van der Waals surface area contributed by atoms with E-state index >= 15 is 0 Å². The topological polar surface area (TPSA) is 76.1 Å². The summed E-state index contributed by atoms with van der Waals surface area (Å²) < 4.78 is 10.5. The molecule has 0 radical (unpaired) electrons. The molecule has 1 N–H and O–H groups in total. The lowest BCUT2D eigenvalue weighted by Gasteiger charge is -2.24. The molecule has 126 valence electrons. The fourth-order valence-electron chi connectivity index (χ4n) is 2.73. The number of amides is 1. The summed E-state index contributed by atoms with van der Waals surface area (Å²) in [4.78, 5) is 25.1. The van der Waals surface area contributed by atoms with Gasteiger partial charge >= 0.3 is 6.09 Å². The number of hydrogen-bond donors (Lipinski definition) is 1. The Labute approximate surface area is 136 Å². The molecule has 0 aliphatic carbocycles. The van der Waals surface area contributed by atoms with Crippen LogP contribution in [0, 0.1) is 0 Å². The molecular formula is C17H23NO5. The van der Waals surface area contributed by atoms with Crippen LogP contribution < -0.4 is 4.74 Å². The SMILES string of the molecule is COc1cc(C2CCN(C(=O)OC(C)(C)C)C2)c(C=O)cc1O. The van der Waals surface area contributed by atoms with Crippen LogP contribution in [-0.4, -0.2) is 48.2 Å². The quantitative estimate of drug-likeness (QED) is 0.866. The molecule has 0 bridgehead atoms. The second-order valence-electron chi connectivity index (χ2n) is 6.68. The first-order valence-electron chi connectivity index (χ1n) is 7.59. The molecule has 2 rings (SSSR count). The van der Waals surface area contributed by atoms with Crippen molar-refractivity contribution >= 4 is 12.4 Å². The molecule has 6 heteroatoms. The van der Waals surface area contributed by atoms with Crippen LogP contribution in [0.5, 0.6) is 11.5 Å². The number of aromatic hydroxyl groups is 1. The van der Waals surface area contributed by atoms with Gasteiger partial charge in [-0.25, -0.2) is 4.79 Å². The van der Waals surface area contributed by atoms with Gasteiger partial charge in [0, 0.05) is 24.6 Å². The first-order chi connectivity index (χ1) is 10.7. The average molecular weight is 321 g/mol. The van der Waals surface area contributed by atoms with Crippen LogP contribution >= 0.6 is 0 Å². The van der Waals surface area contributed by atoms with Crippen LogP contribution in [0.25, 0.3) is 0 Å². The van der Waals surface area contributed by atoms with E-state index in [1.54, 1.807) is 11.0 Å². The fraction of sp³-hybridized carbons (Fsp3) is 0.529. The van der Waals surface area contributed by atoms with E-state index in [4.69, 9.17) is 9.47 Å². The highest BCUT2D eigenvalue weighted by atomic mass is 16.6. The Morgan fingerprint density at radius 3 is 2.65 bits per heavy atom. The summed E-state index contributed by atoms with van der Waals surface area (Å²) in [7, 11) is 1.46. The van der Waals surface area contributed by atoms with E-state index in [9.17, 15) is 14.7 Å². The zero-order valence-corrected chi connectivity index (χ0v) is 14.0. The molecule has 1 fully saturated rings. The Morgan fingerprint density at radius 1 is 1.39 bits per heavy atom. The molecule has 0 aromatic heterocycles. The molecule has 1 unspecified atom stereocenters. The maximum atomic E-state index is 12.1. The molecule has 1 heterocycles. The van der Waals surface area contributed by atoms with E-state index in [0.717, 1.165) is 12.0 Å². The number of benzene rings is 1.